The number of amides is 2. The lowest BCUT2D eigenvalue weighted by atomic mass is 9.95. The Morgan fingerprint density at radius 2 is 1.79 bits per heavy atom. The number of nitrogens with zero attached hydrogens (tertiary/aromatic N) is 3. The molecule has 0 aromatic heterocycles. The highest BCUT2D eigenvalue weighted by atomic mass is 16.2. The van der Waals surface area contributed by atoms with Crippen LogP contribution >= 0.6 is 0 Å². The average molecular weight is 330 g/mol. The molecule has 2 aliphatic rings. The summed E-state index contributed by atoms with van der Waals surface area (Å²) in [5.41, 5.74) is 0.556. The zero-order chi connectivity index (χ0) is 17.5. The molecule has 24 heavy (non-hydrogen) atoms. The number of piperazine rings is 1. The number of carbonyl (C=O) groups excluding carboxylic acids is 2. The van der Waals surface area contributed by atoms with E-state index < -0.39 is 5.54 Å². The molecule has 2 amide bonds. The Hall–Kier alpha value is -1.92. The molecule has 0 aliphatic carbocycles. The molecule has 1 N–H and O–H groups in total. The first-order valence-corrected chi connectivity index (χ1v) is 8.49. The van der Waals surface area contributed by atoms with Crippen LogP contribution in [0.2, 0.25) is 0 Å². The van der Waals surface area contributed by atoms with Gasteiger partial charge in [0.1, 0.15) is 5.54 Å². The lowest BCUT2D eigenvalue weighted by Crippen LogP contribution is -2.63. The lowest BCUT2D eigenvalue weighted by Gasteiger charge is -2.45. The van der Waals surface area contributed by atoms with Crippen molar-refractivity contribution in [3.8, 4) is 0 Å². The van der Waals surface area contributed by atoms with E-state index in [0.717, 1.165) is 31.9 Å². The van der Waals surface area contributed by atoms with Crippen LogP contribution in [0.5, 0.6) is 0 Å². The summed E-state index contributed by atoms with van der Waals surface area (Å²) >= 11 is 0. The molecule has 1 atom stereocenters. The second-order valence-electron chi connectivity index (χ2n) is 7.22. The summed E-state index contributed by atoms with van der Waals surface area (Å²) in [6, 6.07) is 7.24. The fourth-order valence-electron chi connectivity index (χ4n) is 3.40. The summed E-state index contributed by atoms with van der Waals surface area (Å²) in [6.07, 6.45) is 0. The van der Waals surface area contributed by atoms with E-state index in [9.17, 15) is 9.59 Å². The van der Waals surface area contributed by atoms with Crippen LogP contribution in [-0.2, 0) is 9.59 Å². The molecule has 0 bridgehead atoms. The van der Waals surface area contributed by atoms with Gasteiger partial charge >= 0.3 is 0 Å². The Kier molecular flexibility index (Phi) is 4.36. The van der Waals surface area contributed by atoms with Crippen molar-refractivity contribution in [3.05, 3.63) is 24.3 Å². The zero-order valence-electron chi connectivity index (χ0n) is 14.9. The number of hydrogen-bond acceptors (Lipinski definition) is 4. The molecule has 6 nitrogen and oxygen atoms in total. The number of rotatable bonds is 2. The Balaban J connectivity index is 1.91. The van der Waals surface area contributed by atoms with E-state index in [1.807, 2.05) is 31.2 Å². The molecule has 3 rings (SSSR count). The first kappa shape index (κ1) is 16.9. The minimum atomic E-state index is -0.910. The third-order valence-corrected chi connectivity index (χ3v) is 5.17. The van der Waals surface area contributed by atoms with Crippen molar-refractivity contribution in [3.63, 3.8) is 0 Å². The van der Waals surface area contributed by atoms with Gasteiger partial charge in [0.2, 0.25) is 11.8 Å². The summed E-state index contributed by atoms with van der Waals surface area (Å²) in [5, 5.41) is 2.91. The van der Waals surface area contributed by atoms with Gasteiger partial charge in [-0.05, 0) is 40.0 Å². The number of anilines is 2. The minimum absolute atomic E-state index is 0.0214. The van der Waals surface area contributed by atoms with Crippen molar-refractivity contribution >= 4 is 23.2 Å². The summed E-state index contributed by atoms with van der Waals surface area (Å²) < 4.78 is 0. The second kappa shape index (κ2) is 6.18. The van der Waals surface area contributed by atoms with E-state index >= 15 is 0 Å². The number of carbonyl (C=O) groups is 2. The summed E-state index contributed by atoms with van der Waals surface area (Å²) in [7, 11) is 2.10. The van der Waals surface area contributed by atoms with Gasteiger partial charge in [0, 0.05) is 26.2 Å². The van der Waals surface area contributed by atoms with Crippen molar-refractivity contribution in [2.45, 2.75) is 32.4 Å². The van der Waals surface area contributed by atoms with E-state index in [1.165, 1.54) is 0 Å². The zero-order valence-corrected chi connectivity index (χ0v) is 14.9. The van der Waals surface area contributed by atoms with Crippen molar-refractivity contribution in [2.24, 2.45) is 0 Å². The van der Waals surface area contributed by atoms with Gasteiger partial charge in [0.05, 0.1) is 17.4 Å². The first-order valence-electron chi connectivity index (χ1n) is 8.49. The van der Waals surface area contributed by atoms with Gasteiger partial charge in [-0.15, -0.1) is 0 Å². The maximum Gasteiger partial charge on any atom is 0.250 e. The van der Waals surface area contributed by atoms with Crippen LogP contribution < -0.4 is 10.2 Å². The molecule has 0 saturated carbocycles. The monoisotopic (exact) mass is 330 g/mol. The predicted octanol–water partition coefficient (Wildman–Crippen LogP) is 1.39. The number of likely N-dealkylation sites (N-methyl/N-ethyl adjacent to an activating group) is 1. The smallest absolute Gasteiger partial charge is 0.250 e. The highest BCUT2D eigenvalue weighted by Gasteiger charge is 2.45. The van der Waals surface area contributed by atoms with Gasteiger partial charge in [-0.3, -0.25) is 19.4 Å². The summed E-state index contributed by atoms with van der Waals surface area (Å²) in [4.78, 5) is 31.9. The van der Waals surface area contributed by atoms with Gasteiger partial charge in [0.15, 0.2) is 0 Å². The van der Waals surface area contributed by atoms with Crippen LogP contribution in [0.25, 0.3) is 0 Å². The van der Waals surface area contributed by atoms with Crippen molar-refractivity contribution < 1.29 is 9.59 Å². The van der Waals surface area contributed by atoms with Gasteiger partial charge < -0.3 is 10.2 Å². The molecule has 2 heterocycles. The maximum absolute atomic E-state index is 13.3. The van der Waals surface area contributed by atoms with Gasteiger partial charge in [-0.25, -0.2) is 0 Å². The van der Waals surface area contributed by atoms with E-state index in [1.54, 1.807) is 18.7 Å². The van der Waals surface area contributed by atoms with Crippen LogP contribution in [0, 0.1) is 0 Å². The van der Waals surface area contributed by atoms with Crippen LogP contribution in [0.3, 0.4) is 0 Å². The Bertz CT molecular complexity index is 650. The molecular weight excluding hydrogens is 304 g/mol. The molecule has 1 aromatic carbocycles. The summed E-state index contributed by atoms with van der Waals surface area (Å²) in [5.74, 6) is -0.174. The normalized spacial score (nSPS) is 22.7. The first-order chi connectivity index (χ1) is 11.3. The van der Waals surface area contributed by atoms with E-state index in [2.05, 4.69) is 22.2 Å². The van der Waals surface area contributed by atoms with Gasteiger partial charge in [-0.1, -0.05) is 12.1 Å². The molecule has 0 radical (unpaired) electrons. The molecular formula is C18H26N4O2. The average Bonchev–Trinajstić information content (AvgIpc) is 2.55. The lowest BCUT2D eigenvalue weighted by molar-refractivity contribution is -0.129. The van der Waals surface area contributed by atoms with Crippen LogP contribution in [-0.4, -0.2) is 66.4 Å². The Morgan fingerprint density at radius 1 is 1.17 bits per heavy atom. The topological polar surface area (TPSA) is 55.9 Å². The van der Waals surface area contributed by atoms with Crippen LogP contribution in [0.1, 0.15) is 20.8 Å². The summed E-state index contributed by atoms with van der Waals surface area (Å²) in [6.45, 7) is 9.19. The van der Waals surface area contributed by atoms with E-state index in [0.29, 0.717) is 5.69 Å². The van der Waals surface area contributed by atoms with Gasteiger partial charge in [0.25, 0.3) is 0 Å². The molecule has 1 saturated heterocycles. The highest BCUT2D eigenvalue weighted by molar-refractivity contribution is 6.15. The minimum Gasteiger partial charge on any atom is -0.322 e. The standard InChI is InChI=1S/C18H26N4O2/c1-13(21-11-9-20(4)10-12-21)16(23)22-15-8-6-5-7-14(15)19-17(24)18(22,2)3/h5-8,13H,9-12H2,1-4H3,(H,19,24)/t13-/m0/s1. The van der Waals surface area contributed by atoms with Crippen molar-refractivity contribution in [1.82, 2.24) is 9.80 Å². The molecule has 2 aliphatic heterocycles. The van der Waals surface area contributed by atoms with Crippen LogP contribution in [0.15, 0.2) is 24.3 Å². The Morgan fingerprint density at radius 3 is 2.46 bits per heavy atom. The molecule has 0 spiro atoms. The third-order valence-electron chi connectivity index (χ3n) is 5.17. The second-order valence-corrected chi connectivity index (χ2v) is 7.22. The van der Waals surface area contributed by atoms with Gasteiger partial charge in [-0.2, -0.15) is 0 Å². The Labute approximate surface area is 143 Å². The van der Waals surface area contributed by atoms with Crippen molar-refractivity contribution in [2.75, 3.05) is 43.4 Å². The fourth-order valence-corrected chi connectivity index (χ4v) is 3.40. The predicted molar refractivity (Wildman–Crippen MR) is 95.2 cm³/mol. The molecule has 130 valence electrons. The molecule has 0 unspecified atom stereocenters. The largest absolute Gasteiger partial charge is 0.322 e. The number of benzene rings is 1. The number of hydrogen-bond donors (Lipinski definition) is 1. The number of nitrogens with one attached hydrogen (secondary N) is 1. The molecule has 1 fully saturated rings. The maximum atomic E-state index is 13.3. The van der Waals surface area contributed by atoms with Crippen molar-refractivity contribution in [1.29, 1.82) is 0 Å². The number of fused-ring (bicyclic) bond motifs is 1. The molecule has 1 aromatic rings. The highest BCUT2D eigenvalue weighted by Crippen LogP contribution is 2.37. The number of para-hydroxylation sites is 2. The third kappa shape index (κ3) is 2.80. The van der Waals surface area contributed by atoms with E-state index in [-0.39, 0.29) is 17.9 Å². The molecule has 6 heteroatoms. The van der Waals surface area contributed by atoms with E-state index in [4.69, 9.17) is 0 Å². The fraction of sp³-hybridized carbons (Fsp3) is 0.556. The SMILES string of the molecule is C[C@@H](C(=O)N1c2ccccc2NC(=O)C1(C)C)N1CCN(C)CC1. The quantitative estimate of drug-likeness (QED) is 0.890. The van der Waals surface area contributed by atoms with Crippen LogP contribution in [0.4, 0.5) is 11.4 Å².